The molecule has 0 N–H and O–H groups in total. The Hall–Kier alpha value is -1.16. The molecule has 0 saturated heterocycles. The van der Waals surface area contributed by atoms with Crippen molar-refractivity contribution in [2.24, 2.45) is 14.1 Å². The van der Waals surface area contributed by atoms with Crippen LogP contribution < -0.4 is 21.2 Å². The summed E-state index contributed by atoms with van der Waals surface area (Å²) in [5.74, 6) is 0. The first-order valence-corrected chi connectivity index (χ1v) is 10.9. The Kier molecular flexibility index (Phi) is 4.06. The van der Waals surface area contributed by atoms with E-state index >= 15 is 0 Å². The van der Waals surface area contributed by atoms with Gasteiger partial charge in [0.25, 0.3) is 0 Å². The molecule has 2 heterocycles. The molecule has 0 aliphatic heterocycles. The number of rotatable bonds is 2. The van der Waals surface area contributed by atoms with Gasteiger partial charge < -0.3 is 0 Å². The van der Waals surface area contributed by atoms with Crippen LogP contribution in [0.2, 0.25) is 0 Å². The third-order valence-electron chi connectivity index (χ3n) is 4.19. The molecule has 0 fully saturated rings. The third kappa shape index (κ3) is 2.63. The Morgan fingerprint density at radius 3 is 2.54 bits per heavy atom. The Morgan fingerprint density at radius 2 is 1.75 bits per heavy atom. The first kappa shape index (κ1) is 16.3. The van der Waals surface area contributed by atoms with E-state index in [4.69, 9.17) is 0 Å². The average Bonchev–Trinajstić information content (AvgIpc) is 2.97. The van der Waals surface area contributed by atoms with Crippen molar-refractivity contribution in [1.82, 2.24) is 19.6 Å². The molecule has 24 heavy (non-hydrogen) atoms. The zero-order valence-electron chi connectivity index (χ0n) is 13.9. The number of benzene rings is 2. The van der Waals surface area contributed by atoms with E-state index < -0.39 is 0 Å². The van der Waals surface area contributed by atoms with Gasteiger partial charge in [0.1, 0.15) is 0 Å². The fraction of sp³-hybridized carbons (Fsp3) is 0.222. The molecule has 4 nitrogen and oxygen atoms in total. The van der Waals surface area contributed by atoms with Gasteiger partial charge in [0, 0.05) is 0 Å². The molecule has 0 amide bonds. The van der Waals surface area contributed by atoms with Gasteiger partial charge >= 0.3 is 166 Å². The molecule has 0 spiro atoms. The number of halogens is 2. The molecule has 4 rings (SSSR count). The molecule has 2 aromatic heterocycles. The zero-order chi connectivity index (χ0) is 17.0. The molecule has 0 bridgehead atoms. The van der Waals surface area contributed by atoms with Gasteiger partial charge in [-0.2, -0.15) is 0 Å². The van der Waals surface area contributed by atoms with Crippen molar-refractivity contribution in [1.29, 1.82) is 0 Å². The summed E-state index contributed by atoms with van der Waals surface area (Å²) < 4.78 is 7.92. The van der Waals surface area contributed by atoms with Crippen LogP contribution in [0, 0.1) is 24.8 Å². The van der Waals surface area contributed by atoms with Crippen LogP contribution in [-0.4, -0.2) is 19.6 Å². The quantitative estimate of drug-likeness (QED) is 0.352. The van der Waals surface area contributed by atoms with E-state index in [2.05, 4.69) is 88.7 Å². The van der Waals surface area contributed by atoms with Crippen LogP contribution >= 0.6 is 22.6 Å². The van der Waals surface area contributed by atoms with Crippen LogP contribution in [0.25, 0.3) is 21.8 Å². The maximum absolute atomic E-state index is 4.69. The summed E-state index contributed by atoms with van der Waals surface area (Å²) in [5, 5.41) is 11.8. The van der Waals surface area contributed by atoms with E-state index in [-0.39, 0.29) is 21.2 Å². The van der Waals surface area contributed by atoms with E-state index in [0.717, 1.165) is 9.22 Å². The van der Waals surface area contributed by atoms with Crippen LogP contribution in [0.1, 0.15) is 11.1 Å². The van der Waals surface area contributed by atoms with Crippen molar-refractivity contribution < 1.29 is 21.2 Å². The van der Waals surface area contributed by atoms with Gasteiger partial charge in [-0.05, 0) is 0 Å². The van der Waals surface area contributed by atoms with E-state index in [0.29, 0.717) is 0 Å². The Labute approximate surface area is 164 Å². The molecule has 0 unspecified atom stereocenters. The maximum atomic E-state index is 4.69. The molecular weight excluding hydrogens is 526 g/mol. The summed E-state index contributed by atoms with van der Waals surface area (Å²) in [4.78, 5) is 0. The molecule has 6 heteroatoms. The van der Waals surface area contributed by atoms with Gasteiger partial charge in [0.05, 0.1) is 0 Å². The molecule has 124 valence electrons. The van der Waals surface area contributed by atoms with E-state index in [1.807, 2.05) is 11.7 Å². The average molecular weight is 543 g/mol. The second-order valence-corrected chi connectivity index (χ2v) is 9.81. The third-order valence-corrected chi connectivity index (χ3v) is 8.52. The molecular formula is C18H17I2N4-. The van der Waals surface area contributed by atoms with Gasteiger partial charge in [0.2, 0.25) is 0 Å². The number of aromatic nitrogens is 4. The Balaban J connectivity index is 1.88. The molecule has 2 aromatic carbocycles. The van der Waals surface area contributed by atoms with Gasteiger partial charge in [0.15, 0.2) is 0 Å². The van der Waals surface area contributed by atoms with Crippen molar-refractivity contribution in [3.8, 4) is 0 Å². The monoisotopic (exact) mass is 543 g/mol. The predicted octanol–water partition coefficient (Wildman–Crippen LogP) is 0.810. The minimum absolute atomic E-state index is 0.314. The van der Waals surface area contributed by atoms with Crippen molar-refractivity contribution in [3.05, 3.63) is 52.4 Å². The summed E-state index contributed by atoms with van der Waals surface area (Å²) in [6, 6.07) is 11.1. The van der Waals surface area contributed by atoms with Crippen molar-refractivity contribution in [2.45, 2.75) is 13.8 Å². The summed E-state index contributed by atoms with van der Waals surface area (Å²) in [7, 11) is 4.08. The van der Waals surface area contributed by atoms with E-state index in [1.165, 1.54) is 34.7 Å². The molecule has 4 aromatic rings. The van der Waals surface area contributed by atoms with Crippen LogP contribution in [0.3, 0.4) is 0 Å². The molecule has 0 saturated carbocycles. The molecule has 0 aliphatic carbocycles. The first-order valence-electron chi connectivity index (χ1n) is 7.65. The number of aryl methyl sites for hydroxylation is 4. The topological polar surface area (TPSA) is 35.6 Å². The van der Waals surface area contributed by atoms with Crippen LogP contribution in [0.15, 0.2) is 30.3 Å². The normalized spacial score (nSPS) is 11.9. The first-order chi connectivity index (χ1) is 11.4. The summed E-state index contributed by atoms with van der Waals surface area (Å²) in [6.07, 6.45) is 0. The van der Waals surface area contributed by atoms with Gasteiger partial charge in [-0.3, -0.25) is 0 Å². The van der Waals surface area contributed by atoms with Crippen molar-refractivity contribution in [3.63, 3.8) is 0 Å². The second-order valence-electron chi connectivity index (χ2n) is 6.06. The molecule has 0 atom stereocenters. The predicted molar refractivity (Wildman–Crippen MR) is 101 cm³/mol. The van der Waals surface area contributed by atoms with Crippen LogP contribution in [-0.2, 0) is 14.1 Å². The SMILES string of the molecule is Cc1ccc2nn(C)c([I-]c3cc4c(cc3C)c(I)nn4C)c2c1. The minimum atomic E-state index is -0.314. The van der Waals surface area contributed by atoms with Gasteiger partial charge in [-0.15, -0.1) is 0 Å². The summed E-state index contributed by atoms with van der Waals surface area (Å²) in [5.41, 5.74) is 4.94. The van der Waals surface area contributed by atoms with Crippen molar-refractivity contribution >= 4 is 44.4 Å². The molecule has 0 radical (unpaired) electrons. The Morgan fingerprint density at radius 1 is 0.958 bits per heavy atom. The van der Waals surface area contributed by atoms with Crippen LogP contribution in [0.4, 0.5) is 0 Å². The number of hydrogen-bond acceptors (Lipinski definition) is 2. The standard InChI is InChI=1S/C18H17I2N4/c1-10-5-6-15-12(7-10)18(24(4)21-15)20-14-9-16-13(8-11(14)2)17(19)22-23(16)3/h5-9H,1-4H3/q-1. The summed E-state index contributed by atoms with van der Waals surface area (Å²) >= 11 is 2.00. The zero-order valence-corrected chi connectivity index (χ0v) is 18.2. The number of fused-ring (bicyclic) bond motifs is 2. The van der Waals surface area contributed by atoms with E-state index in [9.17, 15) is 0 Å². The van der Waals surface area contributed by atoms with Gasteiger partial charge in [-0.1, -0.05) is 0 Å². The van der Waals surface area contributed by atoms with E-state index in [1.54, 1.807) is 0 Å². The number of hydrogen-bond donors (Lipinski definition) is 0. The van der Waals surface area contributed by atoms with Crippen LogP contribution in [0.5, 0.6) is 0 Å². The fourth-order valence-corrected chi connectivity index (χ4v) is 6.45. The summed E-state index contributed by atoms with van der Waals surface area (Å²) in [6.45, 7) is 4.35. The second kappa shape index (κ2) is 5.98. The van der Waals surface area contributed by atoms with Crippen molar-refractivity contribution in [2.75, 3.05) is 0 Å². The van der Waals surface area contributed by atoms with Gasteiger partial charge in [-0.25, -0.2) is 0 Å². The molecule has 0 aliphatic rings. The number of nitrogens with zero attached hydrogens (tertiary/aromatic N) is 4. The Bertz CT molecular complexity index is 1090. The fourth-order valence-electron chi connectivity index (χ4n) is 2.94.